The molecule has 0 aromatic rings. The smallest absolute Gasteiger partial charge is 0.240 e. The molecule has 3 nitrogen and oxygen atoms in total. The van der Waals surface area contributed by atoms with Crippen LogP contribution in [0.1, 0.15) is 58.8 Å². The van der Waals surface area contributed by atoms with Crippen molar-refractivity contribution in [2.45, 2.75) is 64.3 Å². The molecule has 2 rings (SSSR count). The number of amides is 1. The number of carbonyl (C=O) groups excluding carboxylic acids is 1. The molecule has 0 aromatic heterocycles. The molecular formula is C15H28N2O. The van der Waals surface area contributed by atoms with Gasteiger partial charge in [0.05, 0.1) is 5.54 Å². The standard InChI is InChI=1S/C15H28N2O/c1-12-5-3-6-13(11-12)7-10-16-14(18)15(2)8-4-9-17-15/h12-13,17H,3-11H2,1-2H3,(H,16,18). The predicted octanol–water partition coefficient (Wildman–Crippen LogP) is 2.46. The minimum absolute atomic E-state index is 0.198. The zero-order chi connectivity index (χ0) is 13.0. The van der Waals surface area contributed by atoms with E-state index in [0.717, 1.165) is 44.2 Å². The van der Waals surface area contributed by atoms with E-state index in [1.54, 1.807) is 0 Å². The summed E-state index contributed by atoms with van der Waals surface area (Å²) in [7, 11) is 0. The number of carbonyl (C=O) groups is 1. The van der Waals surface area contributed by atoms with Crippen LogP contribution in [-0.2, 0) is 4.79 Å². The highest BCUT2D eigenvalue weighted by Gasteiger charge is 2.35. The van der Waals surface area contributed by atoms with Crippen LogP contribution in [0.15, 0.2) is 0 Å². The molecule has 1 saturated heterocycles. The molecule has 3 unspecified atom stereocenters. The maximum absolute atomic E-state index is 12.1. The molecule has 0 bridgehead atoms. The molecule has 0 radical (unpaired) electrons. The first-order chi connectivity index (χ1) is 8.60. The maximum atomic E-state index is 12.1. The van der Waals surface area contributed by atoms with Crippen LogP contribution in [-0.4, -0.2) is 24.5 Å². The molecule has 2 aliphatic rings. The third-order valence-corrected chi connectivity index (χ3v) is 4.75. The van der Waals surface area contributed by atoms with Crippen molar-refractivity contribution < 1.29 is 4.79 Å². The Morgan fingerprint density at radius 2 is 2.22 bits per heavy atom. The Morgan fingerprint density at radius 3 is 2.89 bits per heavy atom. The highest BCUT2D eigenvalue weighted by Crippen LogP contribution is 2.30. The van der Waals surface area contributed by atoms with Gasteiger partial charge < -0.3 is 10.6 Å². The fourth-order valence-electron chi connectivity index (χ4n) is 3.50. The Hall–Kier alpha value is -0.570. The number of rotatable bonds is 4. The summed E-state index contributed by atoms with van der Waals surface area (Å²) in [6, 6.07) is 0. The van der Waals surface area contributed by atoms with Crippen molar-refractivity contribution in [3.8, 4) is 0 Å². The molecule has 1 saturated carbocycles. The van der Waals surface area contributed by atoms with E-state index in [-0.39, 0.29) is 11.4 Å². The molecule has 18 heavy (non-hydrogen) atoms. The van der Waals surface area contributed by atoms with Gasteiger partial charge in [-0.1, -0.05) is 26.2 Å². The quantitative estimate of drug-likeness (QED) is 0.807. The van der Waals surface area contributed by atoms with Crippen LogP contribution >= 0.6 is 0 Å². The molecule has 0 aromatic carbocycles. The Labute approximate surface area is 111 Å². The lowest BCUT2D eigenvalue weighted by Crippen LogP contribution is -2.51. The van der Waals surface area contributed by atoms with Crippen LogP contribution in [0.25, 0.3) is 0 Å². The summed E-state index contributed by atoms with van der Waals surface area (Å²) in [5.74, 6) is 1.91. The van der Waals surface area contributed by atoms with Crippen LogP contribution in [0.3, 0.4) is 0 Å². The van der Waals surface area contributed by atoms with Crippen molar-refractivity contribution in [1.29, 1.82) is 0 Å². The Balaban J connectivity index is 1.67. The summed E-state index contributed by atoms with van der Waals surface area (Å²) in [5.41, 5.74) is -0.306. The molecule has 1 aliphatic heterocycles. The first-order valence-electron chi connectivity index (χ1n) is 7.63. The SMILES string of the molecule is CC1CCCC(CCNC(=O)C2(C)CCCN2)C1. The first kappa shape index (κ1) is 13.9. The zero-order valence-corrected chi connectivity index (χ0v) is 11.9. The number of hydrogen-bond acceptors (Lipinski definition) is 2. The van der Waals surface area contributed by atoms with E-state index >= 15 is 0 Å². The molecule has 1 aliphatic carbocycles. The third kappa shape index (κ3) is 3.47. The van der Waals surface area contributed by atoms with Gasteiger partial charge in [-0.25, -0.2) is 0 Å². The highest BCUT2D eigenvalue weighted by atomic mass is 16.2. The van der Waals surface area contributed by atoms with Crippen LogP contribution < -0.4 is 10.6 Å². The second kappa shape index (κ2) is 6.05. The average molecular weight is 252 g/mol. The van der Waals surface area contributed by atoms with Gasteiger partial charge in [0.1, 0.15) is 0 Å². The van der Waals surface area contributed by atoms with E-state index in [1.807, 2.05) is 6.92 Å². The molecule has 0 spiro atoms. The van der Waals surface area contributed by atoms with E-state index < -0.39 is 0 Å². The van der Waals surface area contributed by atoms with Crippen LogP contribution in [0.5, 0.6) is 0 Å². The molecule has 104 valence electrons. The van der Waals surface area contributed by atoms with Gasteiger partial charge in [0.15, 0.2) is 0 Å². The average Bonchev–Trinajstić information content (AvgIpc) is 2.77. The Kier molecular flexibility index (Phi) is 4.66. The number of hydrogen-bond donors (Lipinski definition) is 2. The summed E-state index contributed by atoms with van der Waals surface area (Å²) in [5, 5.41) is 6.44. The van der Waals surface area contributed by atoms with Crippen molar-refractivity contribution in [1.82, 2.24) is 10.6 Å². The molecular weight excluding hydrogens is 224 g/mol. The molecule has 3 atom stereocenters. The molecule has 3 heteroatoms. The van der Waals surface area contributed by atoms with Crippen molar-refractivity contribution in [3.05, 3.63) is 0 Å². The summed E-state index contributed by atoms with van der Waals surface area (Å²) in [4.78, 5) is 12.1. The normalized spacial score (nSPS) is 36.6. The summed E-state index contributed by atoms with van der Waals surface area (Å²) in [6.07, 6.45) is 8.72. The fourth-order valence-corrected chi connectivity index (χ4v) is 3.50. The topological polar surface area (TPSA) is 41.1 Å². The lowest BCUT2D eigenvalue weighted by molar-refractivity contribution is -0.126. The van der Waals surface area contributed by atoms with Gasteiger partial charge in [-0.2, -0.15) is 0 Å². The van der Waals surface area contributed by atoms with Gasteiger partial charge in [-0.05, 0) is 51.0 Å². The van der Waals surface area contributed by atoms with Crippen LogP contribution in [0.4, 0.5) is 0 Å². The van der Waals surface area contributed by atoms with Gasteiger partial charge in [0, 0.05) is 6.54 Å². The van der Waals surface area contributed by atoms with Crippen molar-refractivity contribution >= 4 is 5.91 Å². The molecule has 1 amide bonds. The van der Waals surface area contributed by atoms with Gasteiger partial charge in [0.25, 0.3) is 0 Å². The van der Waals surface area contributed by atoms with Crippen molar-refractivity contribution in [2.24, 2.45) is 11.8 Å². The van der Waals surface area contributed by atoms with E-state index in [9.17, 15) is 4.79 Å². The second-order valence-corrected chi connectivity index (χ2v) is 6.54. The van der Waals surface area contributed by atoms with Gasteiger partial charge in [-0.15, -0.1) is 0 Å². The van der Waals surface area contributed by atoms with E-state index in [0.29, 0.717) is 0 Å². The van der Waals surface area contributed by atoms with Gasteiger partial charge in [-0.3, -0.25) is 4.79 Å². The van der Waals surface area contributed by atoms with Crippen LogP contribution in [0, 0.1) is 11.8 Å². The summed E-state index contributed by atoms with van der Waals surface area (Å²) in [6.45, 7) is 6.21. The number of nitrogens with one attached hydrogen (secondary N) is 2. The monoisotopic (exact) mass is 252 g/mol. The summed E-state index contributed by atoms with van der Waals surface area (Å²) >= 11 is 0. The van der Waals surface area contributed by atoms with Crippen LogP contribution in [0.2, 0.25) is 0 Å². The lowest BCUT2D eigenvalue weighted by atomic mass is 9.81. The van der Waals surface area contributed by atoms with Gasteiger partial charge >= 0.3 is 0 Å². The van der Waals surface area contributed by atoms with Crippen molar-refractivity contribution in [2.75, 3.05) is 13.1 Å². The predicted molar refractivity (Wildman–Crippen MR) is 74.4 cm³/mol. The maximum Gasteiger partial charge on any atom is 0.240 e. The van der Waals surface area contributed by atoms with E-state index in [4.69, 9.17) is 0 Å². The second-order valence-electron chi connectivity index (χ2n) is 6.54. The third-order valence-electron chi connectivity index (χ3n) is 4.75. The Bertz CT molecular complexity index is 284. The van der Waals surface area contributed by atoms with E-state index in [2.05, 4.69) is 17.6 Å². The minimum Gasteiger partial charge on any atom is -0.354 e. The van der Waals surface area contributed by atoms with Gasteiger partial charge in [0.2, 0.25) is 5.91 Å². The highest BCUT2D eigenvalue weighted by molar-refractivity contribution is 5.86. The van der Waals surface area contributed by atoms with E-state index in [1.165, 1.54) is 25.7 Å². The molecule has 1 heterocycles. The first-order valence-corrected chi connectivity index (χ1v) is 7.63. The lowest BCUT2D eigenvalue weighted by Gasteiger charge is -2.28. The minimum atomic E-state index is -0.306. The fraction of sp³-hybridized carbons (Fsp3) is 0.933. The molecule has 2 fully saturated rings. The summed E-state index contributed by atoms with van der Waals surface area (Å²) < 4.78 is 0. The Morgan fingerprint density at radius 1 is 1.39 bits per heavy atom. The largest absolute Gasteiger partial charge is 0.354 e. The van der Waals surface area contributed by atoms with Crippen molar-refractivity contribution in [3.63, 3.8) is 0 Å². The zero-order valence-electron chi connectivity index (χ0n) is 11.9. The molecule has 2 N–H and O–H groups in total.